The molecule has 1 saturated heterocycles. The van der Waals surface area contributed by atoms with E-state index in [0.717, 1.165) is 22.3 Å². The molecular formula is C26H26N2O3. The van der Waals surface area contributed by atoms with Crippen molar-refractivity contribution in [2.75, 3.05) is 6.54 Å². The summed E-state index contributed by atoms with van der Waals surface area (Å²) in [7, 11) is 0. The van der Waals surface area contributed by atoms with Crippen molar-refractivity contribution < 1.29 is 9.53 Å². The van der Waals surface area contributed by atoms with Crippen LogP contribution in [0.25, 0.3) is 11.1 Å². The molecule has 1 aliphatic rings. The molecule has 5 heteroatoms. The van der Waals surface area contributed by atoms with Gasteiger partial charge in [-0.15, -0.1) is 6.58 Å². The first-order valence-corrected chi connectivity index (χ1v) is 10.5. The van der Waals surface area contributed by atoms with Crippen molar-refractivity contribution in [2.45, 2.75) is 31.4 Å². The molecule has 0 saturated carbocycles. The summed E-state index contributed by atoms with van der Waals surface area (Å²) < 4.78 is 6.04. The van der Waals surface area contributed by atoms with Gasteiger partial charge in [0.1, 0.15) is 5.60 Å². The predicted molar refractivity (Wildman–Crippen MR) is 122 cm³/mol. The Morgan fingerprint density at radius 3 is 2.39 bits per heavy atom. The summed E-state index contributed by atoms with van der Waals surface area (Å²) >= 11 is 0. The number of nitrogens with zero attached hydrogens (tertiary/aromatic N) is 1. The van der Waals surface area contributed by atoms with Crippen LogP contribution in [0.3, 0.4) is 0 Å². The number of nitrogens with one attached hydrogen (secondary N) is 1. The topological polar surface area (TPSA) is 62.4 Å². The lowest BCUT2D eigenvalue weighted by atomic mass is 9.85. The van der Waals surface area contributed by atoms with Crippen LogP contribution < -0.4 is 5.56 Å². The molecule has 31 heavy (non-hydrogen) atoms. The monoisotopic (exact) mass is 414 g/mol. The largest absolute Gasteiger partial charge is 0.437 e. The number of H-pyrrole nitrogens is 1. The number of aromatic amines is 1. The van der Waals surface area contributed by atoms with E-state index in [9.17, 15) is 9.59 Å². The van der Waals surface area contributed by atoms with E-state index in [1.807, 2.05) is 67.6 Å². The van der Waals surface area contributed by atoms with Crippen LogP contribution in [-0.4, -0.2) is 22.5 Å². The maximum absolute atomic E-state index is 13.0. The predicted octanol–water partition coefficient (Wildman–Crippen LogP) is 5.42. The Morgan fingerprint density at radius 1 is 1.06 bits per heavy atom. The third-order valence-corrected chi connectivity index (χ3v) is 6.03. The molecule has 1 fully saturated rings. The SMILES string of the molecule is C=CC[C@]1(c2ccccc2)CCN([C@@H](C)c2ccc(-c3ccc(=O)[nH]c3)cc2)C(=O)O1. The Hall–Kier alpha value is -3.60. The molecule has 1 N–H and O–H groups in total. The summed E-state index contributed by atoms with van der Waals surface area (Å²) in [5, 5.41) is 0. The lowest BCUT2D eigenvalue weighted by Gasteiger charge is -2.43. The zero-order chi connectivity index (χ0) is 21.8. The van der Waals surface area contributed by atoms with Crippen molar-refractivity contribution in [3.05, 3.63) is 107 Å². The highest BCUT2D eigenvalue weighted by Gasteiger charge is 2.42. The average molecular weight is 415 g/mol. The quantitative estimate of drug-likeness (QED) is 0.548. The number of carbonyl (C=O) groups excluding carboxylic acids is 1. The lowest BCUT2D eigenvalue weighted by molar-refractivity contribution is -0.0588. The lowest BCUT2D eigenvalue weighted by Crippen LogP contribution is -2.48. The molecule has 1 amide bonds. The zero-order valence-electron chi connectivity index (χ0n) is 17.6. The Labute approximate surface area is 182 Å². The van der Waals surface area contributed by atoms with Crippen molar-refractivity contribution in [1.29, 1.82) is 0 Å². The highest BCUT2D eigenvalue weighted by Crippen LogP contribution is 2.39. The van der Waals surface area contributed by atoms with Crippen molar-refractivity contribution in [2.24, 2.45) is 0 Å². The van der Waals surface area contributed by atoms with E-state index in [1.54, 1.807) is 17.2 Å². The highest BCUT2D eigenvalue weighted by atomic mass is 16.6. The second-order valence-corrected chi connectivity index (χ2v) is 7.90. The molecular weight excluding hydrogens is 388 g/mol. The van der Waals surface area contributed by atoms with Gasteiger partial charge in [-0.05, 0) is 35.2 Å². The number of hydrogen-bond acceptors (Lipinski definition) is 3. The fraction of sp³-hybridized carbons (Fsp3) is 0.231. The van der Waals surface area contributed by atoms with Crippen LogP contribution in [0.2, 0.25) is 0 Å². The number of pyridine rings is 1. The van der Waals surface area contributed by atoms with Gasteiger partial charge in [-0.1, -0.05) is 60.7 Å². The van der Waals surface area contributed by atoms with Crippen molar-refractivity contribution in [3.63, 3.8) is 0 Å². The van der Waals surface area contributed by atoms with Crippen LogP contribution in [-0.2, 0) is 10.3 Å². The first-order chi connectivity index (χ1) is 15.0. The fourth-order valence-corrected chi connectivity index (χ4v) is 4.18. The van der Waals surface area contributed by atoms with Gasteiger partial charge in [-0.25, -0.2) is 4.79 Å². The molecule has 3 aromatic rings. The first-order valence-electron chi connectivity index (χ1n) is 10.5. The number of amides is 1. The number of hydrogen-bond donors (Lipinski definition) is 1. The second-order valence-electron chi connectivity index (χ2n) is 7.90. The van der Waals surface area contributed by atoms with E-state index in [4.69, 9.17) is 4.74 Å². The molecule has 1 aliphatic heterocycles. The molecule has 0 bridgehead atoms. The van der Waals surface area contributed by atoms with Crippen LogP contribution in [0.1, 0.15) is 36.9 Å². The molecule has 0 radical (unpaired) electrons. The van der Waals surface area contributed by atoms with Crippen molar-refractivity contribution in [1.82, 2.24) is 9.88 Å². The van der Waals surface area contributed by atoms with Crippen LogP contribution in [0, 0.1) is 0 Å². The normalized spacial score (nSPS) is 19.5. The van der Waals surface area contributed by atoms with Crippen LogP contribution >= 0.6 is 0 Å². The summed E-state index contributed by atoms with van der Waals surface area (Å²) in [5.41, 5.74) is 3.18. The second kappa shape index (κ2) is 8.64. The highest BCUT2D eigenvalue weighted by molar-refractivity contribution is 5.70. The van der Waals surface area contributed by atoms with Gasteiger partial charge in [0, 0.05) is 31.6 Å². The number of ether oxygens (including phenoxy) is 1. The van der Waals surface area contributed by atoms with Crippen molar-refractivity contribution >= 4 is 6.09 Å². The van der Waals surface area contributed by atoms with Gasteiger partial charge in [0.2, 0.25) is 5.56 Å². The minimum absolute atomic E-state index is 0.116. The molecule has 0 unspecified atom stereocenters. The minimum Gasteiger partial charge on any atom is -0.437 e. The van der Waals surface area contributed by atoms with Crippen LogP contribution in [0.5, 0.6) is 0 Å². The van der Waals surface area contributed by atoms with Gasteiger partial charge >= 0.3 is 6.09 Å². The zero-order valence-corrected chi connectivity index (χ0v) is 17.6. The molecule has 0 aliphatic carbocycles. The molecule has 0 spiro atoms. The molecule has 1 aromatic heterocycles. The third kappa shape index (κ3) is 4.17. The Balaban J connectivity index is 1.51. The van der Waals surface area contributed by atoms with Gasteiger partial charge in [-0.3, -0.25) is 4.79 Å². The maximum atomic E-state index is 13.0. The van der Waals surface area contributed by atoms with E-state index in [0.29, 0.717) is 19.4 Å². The van der Waals surface area contributed by atoms with Crippen LogP contribution in [0.4, 0.5) is 4.79 Å². The summed E-state index contributed by atoms with van der Waals surface area (Å²) in [6.45, 7) is 6.48. The van der Waals surface area contributed by atoms with E-state index >= 15 is 0 Å². The molecule has 2 heterocycles. The Kier molecular flexibility index (Phi) is 5.76. The van der Waals surface area contributed by atoms with E-state index in [1.165, 1.54) is 6.07 Å². The number of aromatic nitrogens is 1. The van der Waals surface area contributed by atoms with Crippen LogP contribution in [0.15, 0.2) is 90.4 Å². The molecule has 5 nitrogen and oxygen atoms in total. The molecule has 2 aromatic carbocycles. The van der Waals surface area contributed by atoms with Crippen molar-refractivity contribution in [3.8, 4) is 11.1 Å². The van der Waals surface area contributed by atoms with Gasteiger partial charge in [0.15, 0.2) is 0 Å². The molecule has 158 valence electrons. The first kappa shape index (κ1) is 20.7. The van der Waals surface area contributed by atoms with E-state index in [2.05, 4.69) is 11.6 Å². The number of rotatable bonds is 6. The van der Waals surface area contributed by atoms with Gasteiger partial charge in [0.25, 0.3) is 0 Å². The van der Waals surface area contributed by atoms with E-state index < -0.39 is 5.60 Å². The summed E-state index contributed by atoms with van der Waals surface area (Å²) in [5.74, 6) is 0. The van der Waals surface area contributed by atoms with Gasteiger partial charge in [-0.2, -0.15) is 0 Å². The van der Waals surface area contributed by atoms with E-state index in [-0.39, 0.29) is 17.7 Å². The third-order valence-electron chi connectivity index (χ3n) is 6.03. The van der Waals surface area contributed by atoms with Gasteiger partial charge in [0.05, 0.1) is 6.04 Å². The number of carbonyl (C=O) groups is 1. The number of cyclic esters (lactones) is 1. The maximum Gasteiger partial charge on any atom is 0.411 e. The Bertz CT molecular complexity index is 1100. The number of benzene rings is 2. The summed E-state index contributed by atoms with van der Waals surface area (Å²) in [4.78, 5) is 28.8. The van der Waals surface area contributed by atoms with Gasteiger partial charge < -0.3 is 14.6 Å². The molecule has 2 atom stereocenters. The standard InChI is InChI=1S/C26H26N2O3/c1-3-15-26(23-7-5-4-6-8-23)16-17-28(25(30)31-26)19(2)20-9-11-21(12-10-20)22-13-14-24(29)27-18-22/h3-14,18-19H,1,15-17H2,2H3,(H,27,29)/t19-,26+/m0/s1. The average Bonchev–Trinajstić information content (AvgIpc) is 2.80. The fourth-order valence-electron chi connectivity index (χ4n) is 4.18. The Morgan fingerprint density at radius 2 is 1.77 bits per heavy atom. The summed E-state index contributed by atoms with van der Waals surface area (Å²) in [6.07, 6.45) is 4.49. The molecule has 4 rings (SSSR count). The minimum atomic E-state index is -0.662. The smallest absolute Gasteiger partial charge is 0.411 e. The summed E-state index contributed by atoms with van der Waals surface area (Å²) in [6, 6.07) is 21.1.